The molecule has 0 unspecified atom stereocenters. The summed E-state index contributed by atoms with van der Waals surface area (Å²) in [5.74, 6) is -0.0470. The van der Waals surface area contributed by atoms with Crippen molar-refractivity contribution in [3.8, 4) is 0 Å². The van der Waals surface area contributed by atoms with Crippen LogP contribution in [0.1, 0.15) is 58.3 Å². The van der Waals surface area contributed by atoms with E-state index in [-0.39, 0.29) is 5.97 Å². The molecule has 3 N–H and O–H groups in total. The van der Waals surface area contributed by atoms with Gasteiger partial charge in [0, 0.05) is 6.42 Å². The molecule has 0 fully saturated rings. The Morgan fingerprint density at radius 1 is 1.06 bits per heavy atom. The van der Waals surface area contributed by atoms with Crippen molar-refractivity contribution in [2.45, 2.75) is 58.3 Å². The Kier molecular flexibility index (Phi) is 14.0. The van der Waals surface area contributed by atoms with Gasteiger partial charge in [-0.1, -0.05) is 26.2 Å². The Bertz CT molecular complexity index is 187. The summed E-state index contributed by atoms with van der Waals surface area (Å²) >= 11 is 0. The summed E-state index contributed by atoms with van der Waals surface area (Å²) in [5.41, 5.74) is 5.40. The molecule has 0 aliphatic heterocycles. The van der Waals surface area contributed by atoms with E-state index in [1.165, 1.54) is 12.8 Å². The molecule has 0 radical (unpaired) electrons. The number of hydrogen-bond donors (Lipinski definition) is 2. The fourth-order valence-corrected chi connectivity index (χ4v) is 1.67. The van der Waals surface area contributed by atoms with E-state index in [0.717, 1.165) is 51.7 Å². The molecular weight excluding hydrogens is 228 g/mol. The Morgan fingerprint density at radius 3 is 2.56 bits per heavy atom. The van der Waals surface area contributed by atoms with Gasteiger partial charge in [-0.25, -0.2) is 0 Å². The first-order valence-electron chi connectivity index (χ1n) is 7.37. The molecule has 0 aromatic rings. The maximum atomic E-state index is 11.3. The third-order valence-corrected chi connectivity index (χ3v) is 2.80. The number of ether oxygens (including phenoxy) is 1. The van der Waals surface area contributed by atoms with Gasteiger partial charge in [0.25, 0.3) is 0 Å². The van der Waals surface area contributed by atoms with Crippen LogP contribution in [0.5, 0.6) is 0 Å². The molecular formula is C14H30N2O2. The van der Waals surface area contributed by atoms with Crippen LogP contribution in [0.25, 0.3) is 0 Å². The number of carbonyl (C=O) groups is 1. The van der Waals surface area contributed by atoms with Gasteiger partial charge in [-0.15, -0.1) is 0 Å². The Labute approximate surface area is 112 Å². The Balaban J connectivity index is 3.10. The van der Waals surface area contributed by atoms with Crippen molar-refractivity contribution >= 4 is 5.97 Å². The largest absolute Gasteiger partial charge is 0.466 e. The second-order valence-electron chi connectivity index (χ2n) is 4.63. The van der Waals surface area contributed by atoms with E-state index in [4.69, 9.17) is 10.5 Å². The molecule has 0 aromatic carbocycles. The van der Waals surface area contributed by atoms with Gasteiger partial charge in [0.2, 0.25) is 0 Å². The van der Waals surface area contributed by atoms with Crippen molar-refractivity contribution < 1.29 is 9.53 Å². The minimum atomic E-state index is -0.0470. The van der Waals surface area contributed by atoms with Crippen LogP contribution in [0.15, 0.2) is 0 Å². The van der Waals surface area contributed by atoms with E-state index in [0.29, 0.717) is 13.0 Å². The van der Waals surface area contributed by atoms with Crippen molar-refractivity contribution in [3.05, 3.63) is 0 Å². The molecule has 0 aliphatic carbocycles. The molecule has 18 heavy (non-hydrogen) atoms. The minimum absolute atomic E-state index is 0.0470. The van der Waals surface area contributed by atoms with Crippen LogP contribution in [0.3, 0.4) is 0 Å². The summed E-state index contributed by atoms with van der Waals surface area (Å²) in [6, 6.07) is 0. The maximum absolute atomic E-state index is 11.3. The first kappa shape index (κ1) is 17.4. The van der Waals surface area contributed by atoms with Gasteiger partial charge in [0.15, 0.2) is 0 Å². The first-order valence-corrected chi connectivity index (χ1v) is 7.37. The highest BCUT2D eigenvalue weighted by Crippen LogP contribution is 2.03. The van der Waals surface area contributed by atoms with Crippen LogP contribution in [0.2, 0.25) is 0 Å². The lowest BCUT2D eigenvalue weighted by atomic mass is 10.2. The second-order valence-corrected chi connectivity index (χ2v) is 4.63. The van der Waals surface area contributed by atoms with Crippen LogP contribution in [0, 0.1) is 0 Å². The zero-order valence-corrected chi connectivity index (χ0v) is 11.9. The van der Waals surface area contributed by atoms with Crippen molar-refractivity contribution in [1.29, 1.82) is 0 Å². The molecule has 108 valence electrons. The molecule has 0 aliphatic rings. The number of rotatable bonds is 13. The second kappa shape index (κ2) is 14.5. The van der Waals surface area contributed by atoms with E-state index in [1.807, 2.05) is 0 Å². The van der Waals surface area contributed by atoms with Crippen LogP contribution in [-0.2, 0) is 9.53 Å². The van der Waals surface area contributed by atoms with Crippen molar-refractivity contribution in [2.24, 2.45) is 5.73 Å². The normalized spacial score (nSPS) is 10.6. The molecule has 0 amide bonds. The Morgan fingerprint density at radius 2 is 1.83 bits per heavy atom. The standard InChI is InChI=1S/C14H30N2O2/c1-2-3-4-5-9-14(17)18-13-8-12-16-11-7-6-10-15/h16H,2-13,15H2,1H3. The number of nitrogens with one attached hydrogen (secondary N) is 1. The van der Waals surface area contributed by atoms with Gasteiger partial charge >= 0.3 is 5.97 Å². The molecule has 4 heteroatoms. The average molecular weight is 258 g/mol. The summed E-state index contributed by atoms with van der Waals surface area (Å²) in [4.78, 5) is 11.3. The lowest BCUT2D eigenvalue weighted by molar-refractivity contribution is -0.143. The molecule has 0 aromatic heterocycles. The summed E-state index contributed by atoms with van der Waals surface area (Å²) in [6.45, 7) is 5.38. The molecule has 0 heterocycles. The number of carbonyl (C=O) groups excluding carboxylic acids is 1. The van der Waals surface area contributed by atoms with E-state index < -0.39 is 0 Å². The van der Waals surface area contributed by atoms with Gasteiger partial charge in [-0.3, -0.25) is 4.79 Å². The predicted octanol–water partition coefficient (Wildman–Crippen LogP) is 2.22. The first-order chi connectivity index (χ1) is 8.81. The van der Waals surface area contributed by atoms with Gasteiger partial charge in [-0.05, 0) is 45.3 Å². The van der Waals surface area contributed by atoms with Crippen LogP contribution < -0.4 is 11.1 Å². The Hall–Kier alpha value is -0.610. The van der Waals surface area contributed by atoms with Crippen LogP contribution in [0.4, 0.5) is 0 Å². The van der Waals surface area contributed by atoms with Crippen molar-refractivity contribution in [2.75, 3.05) is 26.2 Å². The van der Waals surface area contributed by atoms with E-state index >= 15 is 0 Å². The minimum Gasteiger partial charge on any atom is -0.466 e. The number of nitrogens with two attached hydrogens (primary N) is 1. The monoisotopic (exact) mass is 258 g/mol. The fraction of sp³-hybridized carbons (Fsp3) is 0.929. The SMILES string of the molecule is CCCCCCC(=O)OCCCNCCCCN. The summed E-state index contributed by atoms with van der Waals surface area (Å²) in [7, 11) is 0. The lowest BCUT2D eigenvalue weighted by Gasteiger charge is -2.06. The number of hydrogen-bond acceptors (Lipinski definition) is 4. The maximum Gasteiger partial charge on any atom is 0.305 e. The summed E-state index contributed by atoms with van der Waals surface area (Å²) < 4.78 is 5.15. The zero-order valence-electron chi connectivity index (χ0n) is 11.9. The predicted molar refractivity (Wildman–Crippen MR) is 75.5 cm³/mol. The van der Waals surface area contributed by atoms with E-state index in [1.54, 1.807) is 0 Å². The highest BCUT2D eigenvalue weighted by Gasteiger charge is 2.01. The summed E-state index contributed by atoms with van der Waals surface area (Å²) in [5, 5.41) is 3.31. The van der Waals surface area contributed by atoms with E-state index in [2.05, 4.69) is 12.2 Å². The lowest BCUT2D eigenvalue weighted by Crippen LogP contribution is -2.19. The molecule has 0 spiro atoms. The third-order valence-electron chi connectivity index (χ3n) is 2.80. The van der Waals surface area contributed by atoms with Gasteiger partial charge in [-0.2, -0.15) is 0 Å². The molecule has 0 saturated heterocycles. The zero-order chi connectivity index (χ0) is 13.5. The van der Waals surface area contributed by atoms with Crippen LogP contribution >= 0.6 is 0 Å². The molecule has 0 atom stereocenters. The fourth-order valence-electron chi connectivity index (χ4n) is 1.67. The van der Waals surface area contributed by atoms with Crippen molar-refractivity contribution in [3.63, 3.8) is 0 Å². The molecule has 0 saturated carbocycles. The molecule has 0 rings (SSSR count). The van der Waals surface area contributed by atoms with Crippen LogP contribution in [-0.4, -0.2) is 32.2 Å². The third kappa shape index (κ3) is 13.5. The number of esters is 1. The highest BCUT2D eigenvalue weighted by atomic mass is 16.5. The van der Waals surface area contributed by atoms with Gasteiger partial charge in [0.05, 0.1) is 6.61 Å². The number of unbranched alkanes of at least 4 members (excludes halogenated alkanes) is 4. The van der Waals surface area contributed by atoms with E-state index in [9.17, 15) is 4.79 Å². The summed E-state index contributed by atoms with van der Waals surface area (Å²) in [6.07, 6.45) is 8.16. The quantitative estimate of drug-likeness (QED) is 0.393. The highest BCUT2D eigenvalue weighted by molar-refractivity contribution is 5.69. The van der Waals surface area contributed by atoms with Crippen molar-refractivity contribution in [1.82, 2.24) is 5.32 Å². The average Bonchev–Trinajstić information content (AvgIpc) is 2.38. The van der Waals surface area contributed by atoms with Gasteiger partial charge < -0.3 is 15.8 Å². The smallest absolute Gasteiger partial charge is 0.305 e. The topological polar surface area (TPSA) is 64.3 Å². The molecule has 4 nitrogen and oxygen atoms in total. The molecule has 0 bridgehead atoms. The van der Waals surface area contributed by atoms with Gasteiger partial charge in [0.1, 0.15) is 0 Å².